The maximum absolute atomic E-state index is 12.4. The van der Waals surface area contributed by atoms with E-state index in [9.17, 15) is 4.79 Å². The molecule has 4 aromatic rings. The number of anilines is 1. The quantitative estimate of drug-likeness (QED) is 0.422. The third kappa shape index (κ3) is 5.05. The van der Waals surface area contributed by atoms with Crippen molar-refractivity contribution in [2.45, 2.75) is 13.3 Å². The molecule has 0 aliphatic carbocycles. The second kappa shape index (κ2) is 9.10. The van der Waals surface area contributed by atoms with E-state index in [1.807, 2.05) is 30.3 Å². The maximum atomic E-state index is 12.4. The summed E-state index contributed by atoms with van der Waals surface area (Å²) in [4.78, 5) is 16.5. The Hall–Kier alpha value is -3.17. The molecule has 152 valence electrons. The van der Waals surface area contributed by atoms with Crippen LogP contribution in [-0.4, -0.2) is 30.5 Å². The normalized spacial score (nSPS) is 10.7. The second-order valence-electron chi connectivity index (χ2n) is 6.29. The van der Waals surface area contributed by atoms with E-state index in [0.29, 0.717) is 17.3 Å². The SMILES string of the molecule is O=C(Nc1ncn(Cc2ccccc2)n1)c1ccn(COc2ccc(Cl)cc2Br)n1. The van der Waals surface area contributed by atoms with Crippen LogP contribution in [0.4, 0.5) is 5.95 Å². The lowest BCUT2D eigenvalue weighted by molar-refractivity contribution is 0.101. The van der Waals surface area contributed by atoms with Crippen LogP contribution < -0.4 is 10.1 Å². The van der Waals surface area contributed by atoms with E-state index in [2.05, 4.69) is 36.4 Å². The molecule has 2 aromatic carbocycles. The first-order valence-electron chi connectivity index (χ1n) is 8.93. The van der Waals surface area contributed by atoms with Crippen molar-refractivity contribution < 1.29 is 9.53 Å². The summed E-state index contributed by atoms with van der Waals surface area (Å²) in [5.74, 6) is 0.430. The molecule has 0 saturated heterocycles. The number of carbonyl (C=O) groups excluding carboxylic acids is 1. The summed E-state index contributed by atoms with van der Waals surface area (Å²) in [5.41, 5.74) is 1.32. The number of halogens is 2. The molecule has 4 rings (SSSR count). The summed E-state index contributed by atoms with van der Waals surface area (Å²) in [6.45, 7) is 0.702. The molecule has 0 atom stereocenters. The lowest BCUT2D eigenvalue weighted by Crippen LogP contribution is -2.15. The Bertz CT molecular complexity index is 1160. The highest BCUT2D eigenvalue weighted by atomic mass is 79.9. The van der Waals surface area contributed by atoms with Gasteiger partial charge in [0.1, 0.15) is 12.1 Å². The number of amides is 1. The molecule has 10 heteroatoms. The number of rotatable bonds is 7. The van der Waals surface area contributed by atoms with Gasteiger partial charge in [-0.3, -0.25) is 10.1 Å². The predicted molar refractivity (Wildman–Crippen MR) is 116 cm³/mol. The number of nitrogens with zero attached hydrogens (tertiary/aromatic N) is 5. The fourth-order valence-electron chi connectivity index (χ4n) is 2.65. The van der Waals surface area contributed by atoms with Crippen molar-refractivity contribution in [3.63, 3.8) is 0 Å². The molecule has 0 bridgehead atoms. The van der Waals surface area contributed by atoms with E-state index in [-0.39, 0.29) is 18.4 Å². The van der Waals surface area contributed by atoms with Crippen molar-refractivity contribution in [1.82, 2.24) is 24.5 Å². The molecule has 2 aromatic heterocycles. The largest absolute Gasteiger partial charge is 0.470 e. The van der Waals surface area contributed by atoms with Crippen molar-refractivity contribution in [2.24, 2.45) is 0 Å². The van der Waals surface area contributed by atoms with Gasteiger partial charge in [-0.25, -0.2) is 14.3 Å². The number of benzene rings is 2. The molecule has 0 aliphatic rings. The molecule has 0 spiro atoms. The van der Waals surface area contributed by atoms with Gasteiger partial charge < -0.3 is 4.74 Å². The smallest absolute Gasteiger partial charge is 0.278 e. The van der Waals surface area contributed by atoms with E-state index < -0.39 is 5.91 Å². The van der Waals surface area contributed by atoms with Crippen LogP contribution in [0.15, 0.2) is 71.6 Å². The molecule has 1 N–H and O–H groups in total. The zero-order valence-electron chi connectivity index (χ0n) is 15.6. The van der Waals surface area contributed by atoms with Crippen molar-refractivity contribution in [2.75, 3.05) is 5.32 Å². The summed E-state index contributed by atoms with van der Waals surface area (Å²) in [6.07, 6.45) is 3.22. The first kappa shape index (κ1) is 20.1. The van der Waals surface area contributed by atoms with Crippen LogP contribution in [0.25, 0.3) is 0 Å². The number of carbonyl (C=O) groups is 1. The minimum absolute atomic E-state index is 0.136. The van der Waals surface area contributed by atoms with Gasteiger partial charge in [-0.2, -0.15) is 5.10 Å². The Kier molecular flexibility index (Phi) is 6.10. The molecular weight excluding hydrogens is 472 g/mol. The first-order chi connectivity index (χ1) is 14.6. The standard InChI is InChI=1S/C20H16BrClN6O2/c21-16-10-15(22)6-7-18(16)30-13-27-9-8-17(25-27)19(29)24-20-23-12-28(26-20)11-14-4-2-1-3-5-14/h1-10,12H,11,13H2,(H,24,26,29). The number of nitrogens with one attached hydrogen (secondary N) is 1. The van der Waals surface area contributed by atoms with Gasteiger partial charge in [-0.1, -0.05) is 41.9 Å². The van der Waals surface area contributed by atoms with Crippen molar-refractivity contribution >= 4 is 39.4 Å². The van der Waals surface area contributed by atoms with Gasteiger partial charge in [-0.05, 0) is 45.8 Å². The van der Waals surface area contributed by atoms with Gasteiger partial charge in [0.2, 0.25) is 5.95 Å². The van der Waals surface area contributed by atoms with Crippen LogP contribution >= 0.6 is 27.5 Å². The van der Waals surface area contributed by atoms with E-state index in [1.54, 1.807) is 41.5 Å². The van der Waals surface area contributed by atoms with Crippen LogP contribution in [0.5, 0.6) is 5.75 Å². The van der Waals surface area contributed by atoms with Crippen LogP contribution in [-0.2, 0) is 13.3 Å². The van der Waals surface area contributed by atoms with Gasteiger partial charge >= 0.3 is 0 Å². The predicted octanol–water partition coefficient (Wildman–Crippen LogP) is 4.23. The number of ether oxygens (including phenoxy) is 1. The fraction of sp³-hybridized carbons (Fsp3) is 0.100. The molecule has 8 nitrogen and oxygen atoms in total. The van der Waals surface area contributed by atoms with Crippen LogP contribution in [0.3, 0.4) is 0 Å². The second-order valence-corrected chi connectivity index (χ2v) is 7.58. The Morgan fingerprint density at radius 3 is 2.73 bits per heavy atom. The highest BCUT2D eigenvalue weighted by Gasteiger charge is 2.13. The zero-order valence-corrected chi connectivity index (χ0v) is 17.9. The van der Waals surface area contributed by atoms with Gasteiger partial charge in [0.05, 0.1) is 11.0 Å². The molecule has 2 heterocycles. The molecule has 0 radical (unpaired) electrons. The van der Waals surface area contributed by atoms with E-state index in [1.165, 1.54) is 4.68 Å². The van der Waals surface area contributed by atoms with Crippen molar-refractivity contribution in [3.8, 4) is 5.75 Å². The zero-order chi connectivity index (χ0) is 20.9. The lowest BCUT2D eigenvalue weighted by Gasteiger charge is -2.08. The number of hydrogen-bond donors (Lipinski definition) is 1. The Morgan fingerprint density at radius 2 is 1.93 bits per heavy atom. The van der Waals surface area contributed by atoms with Gasteiger partial charge in [0, 0.05) is 11.2 Å². The van der Waals surface area contributed by atoms with Crippen LogP contribution in [0, 0.1) is 0 Å². The molecule has 0 saturated carbocycles. The Balaban J connectivity index is 1.34. The summed E-state index contributed by atoms with van der Waals surface area (Å²) in [7, 11) is 0. The summed E-state index contributed by atoms with van der Waals surface area (Å²) in [5, 5.41) is 11.7. The topological polar surface area (TPSA) is 86.9 Å². The average molecular weight is 488 g/mol. The average Bonchev–Trinajstić information content (AvgIpc) is 3.38. The van der Waals surface area contributed by atoms with Gasteiger partial charge in [0.25, 0.3) is 5.91 Å². The highest BCUT2D eigenvalue weighted by molar-refractivity contribution is 9.10. The minimum Gasteiger partial charge on any atom is -0.470 e. The van der Waals surface area contributed by atoms with Gasteiger partial charge in [0.15, 0.2) is 12.4 Å². The lowest BCUT2D eigenvalue weighted by atomic mass is 10.2. The molecule has 1 amide bonds. The molecule has 0 unspecified atom stereocenters. The maximum Gasteiger partial charge on any atom is 0.278 e. The summed E-state index contributed by atoms with van der Waals surface area (Å²) < 4.78 is 9.58. The van der Waals surface area contributed by atoms with Crippen LogP contribution in [0.2, 0.25) is 5.02 Å². The fourth-order valence-corrected chi connectivity index (χ4v) is 3.44. The third-order valence-corrected chi connectivity index (χ3v) is 4.92. The van der Waals surface area contributed by atoms with Crippen LogP contribution in [0.1, 0.15) is 16.1 Å². The van der Waals surface area contributed by atoms with Crippen molar-refractivity contribution in [3.05, 3.63) is 87.9 Å². The molecule has 0 fully saturated rings. The third-order valence-electron chi connectivity index (χ3n) is 4.07. The van der Waals surface area contributed by atoms with Crippen molar-refractivity contribution in [1.29, 1.82) is 0 Å². The number of hydrogen-bond acceptors (Lipinski definition) is 5. The Labute approximate surface area is 185 Å². The monoisotopic (exact) mass is 486 g/mol. The Morgan fingerprint density at radius 1 is 1.10 bits per heavy atom. The first-order valence-corrected chi connectivity index (χ1v) is 10.1. The van der Waals surface area contributed by atoms with E-state index in [0.717, 1.165) is 10.0 Å². The number of aromatic nitrogens is 5. The molecule has 0 aliphatic heterocycles. The summed E-state index contributed by atoms with van der Waals surface area (Å²) >= 11 is 9.31. The van der Waals surface area contributed by atoms with E-state index in [4.69, 9.17) is 16.3 Å². The molecule has 30 heavy (non-hydrogen) atoms. The summed E-state index contributed by atoms with van der Waals surface area (Å²) in [6, 6.07) is 16.7. The van der Waals surface area contributed by atoms with E-state index >= 15 is 0 Å². The van der Waals surface area contributed by atoms with Gasteiger partial charge in [-0.15, -0.1) is 5.10 Å². The highest BCUT2D eigenvalue weighted by Crippen LogP contribution is 2.28. The minimum atomic E-state index is -0.404. The molecular formula is C20H16BrClN6O2.